The maximum Gasteiger partial charge on any atom is 0.256 e. The predicted octanol–water partition coefficient (Wildman–Crippen LogP) is 3.84. The van der Waals surface area contributed by atoms with E-state index in [4.69, 9.17) is 0 Å². The first kappa shape index (κ1) is 15.2. The Morgan fingerprint density at radius 3 is 2.48 bits per heavy atom. The zero-order valence-electron chi connectivity index (χ0n) is 12.5. The molecule has 0 unspecified atom stereocenters. The fraction of sp³-hybridized carbons (Fsp3) is 0.278. The molecule has 110 valence electrons. The van der Waals surface area contributed by atoms with Gasteiger partial charge >= 0.3 is 0 Å². The van der Waals surface area contributed by atoms with E-state index in [2.05, 4.69) is 0 Å². The predicted molar refractivity (Wildman–Crippen MR) is 82.9 cm³/mol. The van der Waals surface area contributed by atoms with Crippen LogP contribution < -0.4 is 0 Å². The second kappa shape index (κ2) is 7.02. The van der Waals surface area contributed by atoms with Crippen LogP contribution in [0.25, 0.3) is 0 Å². The van der Waals surface area contributed by atoms with E-state index in [1.165, 1.54) is 11.6 Å². The smallest absolute Gasteiger partial charge is 0.256 e. The third-order valence-corrected chi connectivity index (χ3v) is 3.54. The molecule has 0 aromatic heterocycles. The van der Waals surface area contributed by atoms with Crippen molar-refractivity contribution in [2.24, 2.45) is 0 Å². The molecular formula is C18H20FNO. The summed E-state index contributed by atoms with van der Waals surface area (Å²) in [6, 6.07) is 14.7. The van der Waals surface area contributed by atoms with Crippen LogP contribution in [0.3, 0.4) is 0 Å². The molecule has 0 aliphatic rings. The molecule has 0 aliphatic heterocycles. The van der Waals surface area contributed by atoms with Gasteiger partial charge in [0, 0.05) is 13.1 Å². The van der Waals surface area contributed by atoms with Gasteiger partial charge in [-0.1, -0.05) is 36.4 Å². The molecule has 2 aromatic rings. The Kier molecular flexibility index (Phi) is 5.09. The number of carbonyl (C=O) groups excluding carboxylic acids is 1. The number of aryl methyl sites for hydroxylation is 1. The van der Waals surface area contributed by atoms with Gasteiger partial charge in [-0.05, 0) is 43.5 Å². The van der Waals surface area contributed by atoms with Crippen LogP contribution in [0.4, 0.5) is 4.39 Å². The second-order valence-corrected chi connectivity index (χ2v) is 5.10. The van der Waals surface area contributed by atoms with Crippen molar-refractivity contribution in [2.45, 2.75) is 20.3 Å². The highest BCUT2D eigenvalue weighted by Crippen LogP contribution is 2.13. The zero-order valence-corrected chi connectivity index (χ0v) is 12.5. The van der Waals surface area contributed by atoms with Crippen molar-refractivity contribution in [2.75, 3.05) is 13.1 Å². The Balaban J connectivity index is 2.08. The molecule has 2 nitrogen and oxygen atoms in total. The summed E-state index contributed by atoms with van der Waals surface area (Å²) in [6.45, 7) is 4.88. The third-order valence-electron chi connectivity index (χ3n) is 3.54. The molecule has 0 saturated carbocycles. The fourth-order valence-electron chi connectivity index (χ4n) is 2.28. The van der Waals surface area contributed by atoms with Crippen LogP contribution in [0.15, 0.2) is 48.5 Å². The largest absolute Gasteiger partial charge is 0.339 e. The molecule has 0 atom stereocenters. The Bertz CT molecular complexity index is 610. The minimum atomic E-state index is -0.446. The lowest BCUT2D eigenvalue weighted by atomic mass is 10.1. The molecule has 1 amide bonds. The quantitative estimate of drug-likeness (QED) is 0.817. The summed E-state index contributed by atoms with van der Waals surface area (Å²) in [7, 11) is 0. The van der Waals surface area contributed by atoms with E-state index in [9.17, 15) is 9.18 Å². The van der Waals surface area contributed by atoms with Crippen molar-refractivity contribution in [3.8, 4) is 0 Å². The van der Waals surface area contributed by atoms with Gasteiger partial charge in [-0.15, -0.1) is 0 Å². The molecule has 3 heteroatoms. The number of likely N-dealkylation sites (N-methyl/N-ethyl adjacent to an activating group) is 1. The van der Waals surface area contributed by atoms with Crippen molar-refractivity contribution < 1.29 is 9.18 Å². The van der Waals surface area contributed by atoms with Crippen molar-refractivity contribution in [3.63, 3.8) is 0 Å². The number of carbonyl (C=O) groups is 1. The minimum Gasteiger partial charge on any atom is -0.339 e. The van der Waals surface area contributed by atoms with Crippen molar-refractivity contribution in [1.82, 2.24) is 4.90 Å². The summed E-state index contributed by atoms with van der Waals surface area (Å²) >= 11 is 0. The highest BCUT2D eigenvalue weighted by Gasteiger charge is 2.17. The van der Waals surface area contributed by atoms with E-state index in [-0.39, 0.29) is 11.5 Å². The average molecular weight is 285 g/mol. The van der Waals surface area contributed by atoms with Gasteiger partial charge in [0.25, 0.3) is 5.91 Å². The monoisotopic (exact) mass is 285 g/mol. The molecule has 0 N–H and O–H groups in total. The molecule has 0 saturated heterocycles. The van der Waals surface area contributed by atoms with Crippen molar-refractivity contribution in [1.29, 1.82) is 0 Å². The van der Waals surface area contributed by atoms with E-state index in [0.717, 1.165) is 12.0 Å². The number of rotatable bonds is 5. The number of hydrogen-bond acceptors (Lipinski definition) is 1. The van der Waals surface area contributed by atoms with Crippen LogP contribution in [0, 0.1) is 12.7 Å². The average Bonchev–Trinajstić information content (AvgIpc) is 2.48. The molecule has 0 radical (unpaired) electrons. The first-order chi connectivity index (χ1) is 10.1. The van der Waals surface area contributed by atoms with Crippen LogP contribution in [0.1, 0.15) is 28.4 Å². The Hall–Kier alpha value is -2.16. The van der Waals surface area contributed by atoms with Gasteiger partial charge in [0.15, 0.2) is 0 Å². The lowest BCUT2D eigenvalue weighted by Crippen LogP contribution is -2.33. The van der Waals surface area contributed by atoms with E-state index in [0.29, 0.717) is 13.1 Å². The summed E-state index contributed by atoms with van der Waals surface area (Å²) in [5, 5.41) is 0. The van der Waals surface area contributed by atoms with Crippen molar-refractivity contribution >= 4 is 5.91 Å². The van der Waals surface area contributed by atoms with Crippen LogP contribution in [0.2, 0.25) is 0 Å². The van der Waals surface area contributed by atoms with Gasteiger partial charge < -0.3 is 4.90 Å². The second-order valence-electron chi connectivity index (χ2n) is 5.10. The molecule has 0 heterocycles. The highest BCUT2D eigenvalue weighted by atomic mass is 19.1. The number of halogens is 1. The lowest BCUT2D eigenvalue weighted by Gasteiger charge is -2.21. The van der Waals surface area contributed by atoms with Gasteiger partial charge in [-0.25, -0.2) is 4.39 Å². The summed E-state index contributed by atoms with van der Waals surface area (Å²) in [5.41, 5.74) is 2.14. The zero-order chi connectivity index (χ0) is 15.2. The highest BCUT2D eigenvalue weighted by molar-refractivity contribution is 5.94. The van der Waals surface area contributed by atoms with Crippen molar-refractivity contribution in [3.05, 3.63) is 71.0 Å². The van der Waals surface area contributed by atoms with Crippen LogP contribution in [-0.4, -0.2) is 23.9 Å². The number of amides is 1. The van der Waals surface area contributed by atoms with Gasteiger partial charge in [0.1, 0.15) is 5.82 Å². The maximum atomic E-state index is 13.9. The minimum absolute atomic E-state index is 0.149. The molecular weight excluding hydrogens is 265 g/mol. The normalized spacial score (nSPS) is 10.4. The molecule has 21 heavy (non-hydrogen) atoms. The van der Waals surface area contributed by atoms with Gasteiger partial charge in [-0.2, -0.15) is 0 Å². The molecule has 0 aliphatic carbocycles. The Morgan fingerprint density at radius 1 is 1.14 bits per heavy atom. The number of nitrogens with zero attached hydrogens (tertiary/aromatic N) is 1. The molecule has 0 fully saturated rings. The number of benzene rings is 2. The lowest BCUT2D eigenvalue weighted by molar-refractivity contribution is 0.0761. The molecule has 0 bridgehead atoms. The van der Waals surface area contributed by atoms with Gasteiger partial charge in [0.2, 0.25) is 0 Å². The SMILES string of the molecule is CCN(CCc1ccccc1)C(=O)c1ccc(C)cc1F. The Morgan fingerprint density at radius 2 is 1.86 bits per heavy atom. The third kappa shape index (κ3) is 3.91. The van der Waals surface area contributed by atoms with Crippen LogP contribution >= 0.6 is 0 Å². The molecule has 2 aromatic carbocycles. The van der Waals surface area contributed by atoms with E-state index in [1.54, 1.807) is 17.0 Å². The van der Waals surface area contributed by atoms with E-state index >= 15 is 0 Å². The van der Waals surface area contributed by atoms with E-state index in [1.807, 2.05) is 44.2 Å². The standard InChI is InChI=1S/C18H20FNO/c1-3-20(12-11-15-7-5-4-6-8-15)18(21)16-10-9-14(2)13-17(16)19/h4-10,13H,3,11-12H2,1-2H3. The first-order valence-corrected chi connectivity index (χ1v) is 7.21. The first-order valence-electron chi connectivity index (χ1n) is 7.21. The maximum absolute atomic E-state index is 13.9. The fourth-order valence-corrected chi connectivity index (χ4v) is 2.28. The summed E-state index contributed by atoms with van der Waals surface area (Å²) < 4.78 is 13.9. The molecule has 2 rings (SSSR count). The van der Waals surface area contributed by atoms with Gasteiger partial charge in [0.05, 0.1) is 5.56 Å². The van der Waals surface area contributed by atoms with Crippen LogP contribution in [-0.2, 0) is 6.42 Å². The Labute approximate surface area is 125 Å². The number of hydrogen-bond donors (Lipinski definition) is 0. The van der Waals surface area contributed by atoms with Gasteiger partial charge in [-0.3, -0.25) is 4.79 Å². The topological polar surface area (TPSA) is 20.3 Å². The molecule has 0 spiro atoms. The van der Waals surface area contributed by atoms with E-state index < -0.39 is 5.82 Å². The summed E-state index contributed by atoms with van der Waals surface area (Å²) in [4.78, 5) is 14.1. The summed E-state index contributed by atoms with van der Waals surface area (Å²) in [6.07, 6.45) is 0.772. The van der Waals surface area contributed by atoms with Crippen LogP contribution in [0.5, 0.6) is 0 Å². The summed E-state index contributed by atoms with van der Waals surface area (Å²) in [5.74, 6) is -0.691.